The van der Waals surface area contributed by atoms with E-state index in [-0.39, 0.29) is 4.90 Å². The summed E-state index contributed by atoms with van der Waals surface area (Å²) in [5.74, 6) is 0. The van der Waals surface area contributed by atoms with Crippen molar-refractivity contribution in [1.29, 1.82) is 0 Å². The van der Waals surface area contributed by atoms with Crippen molar-refractivity contribution < 1.29 is 21.6 Å². The number of benzene rings is 1. The zero-order valence-electron chi connectivity index (χ0n) is 7.69. The Morgan fingerprint density at radius 1 is 1.12 bits per heavy atom. The van der Waals surface area contributed by atoms with Gasteiger partial charge in [-0.3, -0.25) is 0 Å². The second-order valence-corrected chi connectivity index (χ2v) is 5.84. The predicted octanol–water partition coefficient (Wildman–Crippen LogP) is -0.641. The minimum absolute atomic E-state index is 0.380. The highest BCUT2D eigenvalue weighted by Gasteiger charge is 2.16. The molecule has 0 amide bonds. The normalized spacial score (nSPS) is 11.8. The van der Waals surface area contributed by atoms with Crippen molar-refractivity contribution in [3.8, 4) is 0 Å². The van der Waals surface area contributed by atoms with E-state index in [1.807, 2.05) is 0 Å². The number of primary sulfonamides is 1. The predicted molar refractivity (Wildman–Crippen MR) is 53.1 cm³/mol. The third kappa shape index (κ3) is 2.74. The van der Waals surface area contributed by atoms with Gasteiger partial charge in [0.05, 0.1) is 9.79 Å². The number of isocyanates is 1. The molecule has 2 N–H and O–H groups in total. The summed E-state index contributed by atoms with van der Waals surface area (Å²) >= 11 is 0. The first kappa shape index (κ1) is 12.5. The van der Waals surface area contributed by atoms with Crippen LogP contribution in [0, 0.1) is 0 Å². The SMILES string of the molecule is NS(=O)(=O)c1cccc(S(=O)(=O)N=C=O)c1. The van der Waals surface area contributed by atoms with E-state index in [4.69, 9.17) is 5.14 Å². The smallest absolute Gasteiger partial charge is 0.225 e. The Morgan fingerprint density at radius 3 is 2.19 bits per heavy atom. The Labute approximate surface area is 91.7 Å². The lowest BCUT2D eigenvalue weighted by molar-refractivity contribution is 0.563. The van der Waals surface area contributed by atoms with Gasteiger partial charge in [-0.15, -0.1) is 0 Å². The molecule has 1 rings (SSSR count). The van der Waals surface area contributed by atoms with Gasteiger partial charge in [0.25, 0.3) is 16.1 Å². The molecule has 86 valence electrons. The molecule has 0 aliphatic rings. The first-order valence-corrected chi connectivity index (χ1v) is 6.73. The molecular weight excluding hydrogens is 256 g/mol. The summed E-state index contributed by atoms with van der Waals surface area (Å²) in [6.07, 6.45) is 0.871. The summed E-state index contributed by atoms with van der Waals surface area (Å²) in [6.45, 7) is 0. The molecule has 0 saturated heterocycles. The van der Waals surface area contributed by atoms with Crippen molar-refractivity contribution in [2.24, 2.45) is 9.54 Å². The molecule has 0 heterocycles. The maximum absolute atomic E-state index is 11.2. The quantitative estimate of drug-likeness (QED) is 0.573. The molecule has 1 aromatic carbocycles. The summed E-state index contributed by atoms with van der Waals surface area (Å²) in [5.41, 5.74) is 0. The maximum Gasteiger partial charge on any atom is 0.292 e. The van der Waals surface area contributed by atoms with Crippen LogP contribution < -0.4 is 5.14 Å². The van der Waals surface area contributed by atoms with Gasteiger partial charge in [-0.25, -0.2) is 18.4 Å². The van der Waals surface area contributed by atoms with Crippen molar-refractivity contribution >= 4 is 26.1 Å². The molecule has 16 heavy (non-hydrogen) atoms. The first-order valence-electron chi connectivity index (χ1n) is 3.74. The lowest BCUT2D eigenvalue weighted by Gasteiger charge is -2.00. The second-order valence-electron chi connectivity index (χ2n) is 2.68. The first-order chi connectivity index (χ1) is 7.27. The number of hydrogen-bond acceptors (Lipinski definition) is 5. The molecule has 9 heteroatoms. The van der Waals surface area contributed by atoms with Crippen LogP contribution in [0.3, 0.4) is 0 Å². The maximum atomic E-state index is 11.2. The van der Waals surface area contributed by atoms with E-state index in [1.165, 1.54) is 6.07 Å². The number of hydrogen-bond donors (Lipinski definition) is 1. The van der Waals surface area contributed by atoms with E-state index in [9.17, 15) is 21.6 Å². The van der Waals surface area contributed by atoms with Crippen molar-refractivity contribution in [2.45, 2.75) is 9.79 Å². The summed E-state index contributed by atoms with van der Waals surface area (Å²) < 4.78 is 47.0. The van der Waals surface area contributed by atoms with Crippen molar-refractivity contribution in [3.63, 3.8) is 0 Å². The molecule has 0 aromatic heterocycles. The molecule has 0 radical (unpaired) electrons. The Morgan fingerprint density at radius 2 is 1.69 bits per heavy atom. The molecule has 0 aliphatic heterocycles. The average molecular weight is 262 g/mol. The third-order valence-corrected chi connectivity index (χ3v) is 3.66. The minimum atomic E-state index is -4.21. The molecule has 0 bridgehead atoms. The fraction of sp³-hybridized carbons (Fsp3) is 0. The molecule has 0 aliphatic carbocycles. The number of nitrogens with zero attached hydrogens (tertiary/aromatic N) is 1. The zero-order valence-corrected chi connectivity index (χ0v) is 9.32. The highest BCUT2D eigenvalue weighted by Crippen LogP contribution is 2.16. The molecule has 0 fully saturated rings. The number of carbonyl (C=O) groups excluding carboxylic acids is 1. The van der Waals surface area contributed by atoms with Gasteiger partial charge in [0.2, 0.25) is 10.0 Å². The topological polar surface area (TPSA) is 124 Å². The Bertz CT molecular complexity index is 656. The Hall–Kier alpha value is -1.54. The van der Waals surface area contributed by atoms with Crippen molar-refractivity contribution in [3.05, 3.63) is 24.3 Å². The zero-order chi connectivity index (χ0) is 12.4. The van der Waals surface area contributed by atoms with Gasteiger partial charge in [-0.2, -0.15) is 8.42 Å². The fourth-order valence-electron chi connectivity index (χ4n) is 0.913. The van der Waals surface area contributed by atoms with Crippen LogP contribution in [0.15, 0.2) is 38.5 Å². The van der Waals surface area contributed by atoms with Gasteiger partial charge >= 0.3 is 0 Å². The molecule has 0 atom stereocenters. The van der Waals surface area contributed by atoms with Crippen LogP contribution in [0.25, 0.3) is 0 Å². The lowest BCUT2D eigenvalue weighted by Crippen LogP contribution is -2.12. The molecule has 7 nitrogen and oxygen atoms in total. The highest BCUT2D eigenvalue weighted by molar-refractivity contribution is 7.90. The summed E-state index contributed by atoms with van der Waals surface area (Å²) in [6, 6.07) is 4.20. The van der Waals surface area contributed by atoms with Crippen LogP contribution in [0.4, 0.5) is 0 Å². The monoisotopic (exact) mass is 262 g/mol. The van der Waals surface area contributed by atoms with Crippen LogP contribution in [0.2, 0.25) is 0 Å². The van der Waals surface area contributed by atoms with E-state index >= 15 is 0 Å². The second kappa shape index (κ2) is 4.14. The van der Waals surface area contributed by atoms with Crippen LogP contribution >= 0.6 is 0 Å². The van der Waals surface area contributed by atoms with E-state index < -0.39 is 24.9 Å². The van der Waals surface area contributed by atoms with Gasteiger partial charge in [-0.1, -0.05) is 10.5 Å². The van der Waals surface area contributed by atoms with Crippen LogP contribution in [0.1, 0.15) is 0 Å². The van der Waals surface area contributed by atoms with Gasteiger partial charge in [0, 0.05) is 0 Å². The van der Waals surface area contributed by atoms with Gasteiger partial charge in [0.1, 0.15) is 0 Å². The molecule has 0 spiro atoms. The van der Waals surface area contributed by atoms with E-state index in [0.29, 0.717) is 0 Å². The van der Waals surface area contributed by atoms with Crippen LogP contribution in [-0.4, -0.2) is 22.9 Å². The number of rotatable bonds is 3. The summed E-state index contributed by atoms with van der Waals surface area (Å²) in [4.78, 5) is 9.04. The molecule has 0 saturated carbocycles. The van der Waals surface area contributed by atoms with Gasteiger partial charge in [0.15, 0.2) is 0 Å². The summed E-state index contributed by atoms with van der Waals surface area (Å²) in [5, 5.41) is 4.81. The summed E-state index contributed by atoms with van der Waals surface area (Å²) in [7, 11) is -8.22. The molecular formula is C7H6N2O5S2. The Balaban J connectivity index is 3.46. The van der Waals surface area contributed by atoms with Crippen LogP contribution in [0.5, 0.6) is 0 Å². The molecule has 1 aromatic rings. The number of sulfonamides is 2. The van der Waals surface area contributed by atoms with E-state index in [2.05, 4.69) is 4.40 Å². The third-order valence-electron chi connectivity index (χ3n) is 1.59. The number of nitrogens with two attached hydrogens (primary N) is 1. The van der Waals surface area contributed by atoms with E-state index in [0.717, 1.165) is 24.3 Å². The van der Waals surface area contributed by atoms with Crippen molar-refractivity contribution in [2.75, 3.05) is 0 Å². The fourth-order valence-corrected chi connectivity index (χ4v) is 2.28. The standard InChI is InChI=1S/C7H6N2O5S2/c8-15(11,12)6-2-1-3-7(4-6)16(13,14)9-5-10/h1-4H,(H2,8,11,12). The minimum Gasteiger partial charge on any atom is -0.225 e. The Kier molecular flexibility index (Phi) is 3.24. The van der Waals surface area contributed by atoms with E-state index in [1.54, 1.807) is 0 Å². The van der Waals surface area contributed by atoms with Crippen LogP contribution in [-0.2, 0) is 24.8 Å². The molecule has 0 unspecified atom stereocenters. The van der Waals surface area contributed by atoms with Gasteiger partial charge in [-0.05, 0) is 18.2 Å². The van der Waals surface area contributed by atoms with Gasteiger partial charge < -0.3 is 0 Å². The lowest BCUT2D eigenvalue weighted by atomic mass is 10.4. The average Bonchev–Trinajstić information content (AvgIpc) is 2.16. The highest BCUT2D eigenvalue weighted by atomic mass is 32.2. The largest absolute Gasteiger partial charge is 0.292 e. The van der Waals surface area contributed by atoms with Crippen molar-refractivity contribution in [1.82, 2.24) is 0 Å².